The van der Waals surface area contributed by atoms with Gasteiger partial charge in [-0.05, 0) is 36.8 Å². The third-order valence-electron chi connectivity index (χ3n) is 5.19. The number of benzene rings is 2. The number of H-pyrrole nitrogens is 1. The Balaban J connectivity index is 1.69. The van der Waals surface area contributed by atoms with Gasteiger partial charge in [-0.3, -0.25) is 4.79 Å². The molecule has 0 fully saturated rings. The highest BCUT2D eigenvalue weighted by Crippen LogP contribution is 2.38. The molecule has 3 heterocycles. The van der Waals surface area contributed by atoms with Crippen molar-refractivity contribution in [1.82, 2.24) is 15.3 Å². The van der Waals surface area contributed by atoms with Crippen molar-refractivity contribution in [2.24, 2.45) is 0 Å². The van der Waals surface area contributed by atoms with Crippen LogP contribution in [0.25, 0.3) is 33.1 Å². The summed E-state index contributed by atoms with van der Waals surface area (Å²) in [5.41, 5.74) is 3.91. The first-order chi connectivity index (χ1) is 14.2. The molecule has 0 bridgehead atoms. The van der Waals surface area contributed by atoms with Gasteiger partial charge < -0.3 is 19.8 Å². The number of pyridine rings is 1. The number of fused-ring (bicyclic) bond motifs is 4. The third-order valence-corrected chi connectivity index (χ3v) is 5.19. The van der Waals surface area contributed by atoms with Gasteiger partial charge in [0.25, 0.3) is 5.91 Å². The van der Waals surface area contributed by atoms with Crippen LogP contribution in [0.4, 0.5) is 0 Å². The van der Waals surface area contributed by atoms with E-state index in [4.69, 9.17) is 14.5 Å². The SMILES string of the molecule is CCCCNC(=O)c1cc2c([nH]c3ccccc32)c(-c2ccc3c(c2)OCO3)n1. The second kappa shape index (κ2) is 7.13. The maximum atomic E-state index is 12.8. The first kappa shape index (κ1) is 17.6. The number of aromatic nitrogens is 2. The molecule has 0 radical (unpaired) electrons. The Morgan fingerprint density at radius 2 is 1.97 bits per heavy atom. The van der Waals surface area contributed by atoms with Gasteiger partial charge in [0.1, 0.15) is 5.69 Å². The van der Waals surface area contributed by atoms with Crippen LogP contribution in [-0.4, -0.2) is 29.2 Å². The summed E-state index contributed by atoms with van der Waals surface area (Å²) in [6.45, 7) is 2.95. The molecule has 1 aliphatic heterocycles. The molecule has 0 saturated carbocycles. The van der Waals surface area contributed by atoms with Crippen molar-refractivity contribution in [3.05, 3.63) is 54.2 Å². The smallest absolute Gasteiger partial charge is 0.269 e. The van der Waals surface area contributed by atoms with Crippen LogP contribution in [0.5, 0.6) is 11.5 Å². The fourth-order valence-electron chi connectivity index (χ4n) is 3.68. The van der Waals surface area contributed by atoms with Crippen molar-refractivity contribution < 1.29 is 14.3 Å². The van der Waals surface area contributed by atoms with E-state index in [-0.39, 0.29) is 12.7 Å². The van der Waals surface area contributed by atoms with Crippen molar-refractivity contribution in [3.8, 4) is 22.8 Å². The lowest BCUT2D eigenvalue weighted by atomic mass is 10.1. The number of carbonyl (C=O) groups excluding carboxylic acids is 1. The Hall–Kier alpha value is -3.54. The minimum absolute atomic E-state index is 0.160. The van der Waals surface area contributed by atoms with Crippen LogP contribution < -0.4 is 14.8 Å². The maximum absolute atomic E-state index is 12.8. The van der Waals surface area contributed by atoms with Gasteiger partial charge in [0.2, 0.25) is 6.79 Å². The fourth-order valence-corrected chi connectivity index (χ4v) is 3.68. The van der Waals surface area contributed by atoms with E-state index in [1.165, 1.54) is 0 Å². The molecule has 0 unspecified atom stereocenters. The van der Waals surface area contributed by atoms with Crippen LogP contribution in [0.1, 0.15) is 30.3 Å². The Morgan fingerprint density at radius 3 is 2.86 bits per heavy atom. The summed E-state index contributed by atoms with van der Waals surface area (Å²) in [6.07, 6.45) is 1.97. The van der Waals surface area contributed by atoms with E-state index in [1.54, 1.807) is 0 Å². The zero-order chi connectivity index (χ0) is 19.8. The Kier molecular flexibility index (Phi) is 4.31. The first-order valence-electron chi connectivity index (χ1n) is 9.84. The standard InChI is InChI=1S/C23H21N3O3/c1-2-3-10-24-23(27)18-12-16-15-6-4-5-7-17(15)25-22(16)21(26-18)14-8-9-19-20(11-14)29-13-28-19/h4-9,11-12,25H,2-3,10,13H2,1H3,(H,24,27). The number of nitrogens with zero attached hydrogens (tertiary/aromatic N) is 1. The van der Waals surface area contributed by atoms with E-state index in [0.29, 0.717) is 18.0 Å². The predicted molar refractivity (Wildman–Crippen MR) is 112 cm³/mol. The van der Waals surface area contributed by atoms with Crippen molar-refractivity contribution >= 4 is 27.7 Å². The van der Waals surface area contributed by atoms with Crippen LogP contribution in [0.2, 0.25) is 0 Å². The summed E-state index contributed by atoms with van der Waals surface area (Å²) >= 11 is 0. The summed E-state index contributed by atoms with van der Waals surface area (Å²) in [5, 5.41) is 5.01. The Bertz CT molecular complexity index is 1230. The molecule has 0 spiro atoms. The Morgan fingerprint density at radius 1 is 1.10 bits per heavy atom. The average Bonchev–Trinajstić information content (AvgIpc) is 3.37. The second-order valence-electron chi connectivity index (χ2n) is 7.13. The lowest BCUT2D eigenvalue weighted by Crippen LogP contribution is -2.25. The van der Waals surface area contributed by atoms with Crippen LogP contribution in [0, 0.1) is 0 Å². The van der Waals surface area contributed by atoms with Gasteiger partial charge in [0.15, 0.2) is 11.5 Å². The monoisotopic (exact) mass is 387 g/mol. The second-order valence-corrected chi connectivity index (χ2v) is 7.13. The highest BCUT2D eigenvalue weighted by atomic mass is 16.7. The summed E-state index contributed by atoms with van der Waals surface area (Å²) in [4.78, 5) is 21.0. The maximum Gasteiger partial charge on any atom is 0.269 e. The predicted octanol–water partition coefficient (Wildman–Crippen LogP) is 4.64. The van der Waals surface area contributed by atoms with E-state index < -0.39 is 0 Å². The lowest BCUT2D eigenvalue weighted by molar-refractivity contribution is 0.0948. The molecule has 4 aromatic rings. The quantitative estimate of drug-likeness (QED) is 0.489. The van der Waals surface area contributed by atoms with Crippen LogP contribution in [0.15, 0.2) is 48.5 Å². The van der Waals surface area contributed by atoms with Gasteiger partial charge in [-0.15, -0.1) is 0 Å². The van der Waals surface area contributed by atoms with Crippen LogP contribution in [-0.2, 0) is 0 Å². The molecule has 1 amide bonds. The summed E-state index contributed by atoms with van der Waals surface area (Å²) in [6, 6.07) is 15.7. The highest BCUT2D eigenvalue weighted by molar-refractivity contribution is 6.13. The first-order valence-corrected chi connectivity index (χ1v) is 9.84. The molecular weight excluding hydrogens is 366 g/mol. The highest BCUT2D eigenvalue weighted by Gasteiger charge is 2.19. The van der Waals surface area contributed by atoms with E-state index in [1.807, 2.05) is 42.5 Å². The van der Waals surface area contributed by atoms with Crippen LogP contribution in [0.3, 0.4) is 0 Å². The number of ether oxygens (including phenoxy) is 2. The number of amides is 1. The van der Waals surface area contributed by atoms with E-state index in [0.717, 1.165) is 51.7 Å². The number of aromatic amines is 1. The van der Waals surface area contributed by atoms with Gasteiger partial charge in [-0.25, -0.2) is 4.98 Å². The number of hydrogen-bond acceptors (Lipinski definition) is 4. The van der Waals surface area contributed by atoms with Crippen molar-refractivity contribution in [1.29, 1.82) is 0 Å². The Labute approximate surface area is 167 Å². The minimum Gasteiger partial charge on any atom is -0.454 e. The summed E-state index contributed by atoms with van der Waals surface area (Å²) in [7, 11) is 0. The summed E-state index contributed by atoms with van der Waals surface area (Å²) < 4.78 is 11.0. The molecule has 1 aliphatic rings. The molecular formula is C23H21N3O3. The molecule has 2 aromatic carbocycles. The topological polar surface area (TPSA) is 76.2 Å². The zero-order valence-corrected chi connectivity index (χ0v) is 16.1. The fraction of sp³-hybridized carbons (Fsp3) is 0.217. The molecule has 6 heteroatoms. The molecule has 29 heavy (non-hydrogen) atoms. The van der Waals surface area contributed by atoms with E-state index in [2.05, 4.69) is 23.3 Å². The molecule has 146 valence electrons. The van der Waals surface area contributed by atoms with Crippen molar-refractivity contribution in [2.75, 3.05) is 13.3 Å². The number of nitrogens with one attached hydrogen (secondary N) is 2. The van der Waals surface area contributed by atoms with Crippen molar-refractivity contribution in [3.63, 3.8) is 0 Å². The molecule has 5 rings (SSSR count). The van der Waals surface area contributed by atoms with Gasteiger partial charge in [-0.1, -0.05) is 31.5 Å². The average molecular weight is 387 g/mol. The van der Waals surface area contributed by atoms with Gasteiger partial charge in [0, 0.05) is 28.4 Å². The van der Waals surface area contributed by atoms with E-state index in [9.17, 15) is 4.79 Å². The molecule has 0 saturated heterocycles. The summed E-state index contributed by atoms with van der Waals surface area (Å²) in [5.74, 6) is 1.24. The van der Waals surface area contributed by atoms with Gasteiger partial charge in [-0.2, -0.15) is 0 Å². The number of carbonyl (C=O) groups is 1. The minimum atomic E-state index is -0.160. The van der Waals surface area contributed by atoms with Crippen LogP contribution >= 0.6 is 0 Å². The van der Waals surface area contributed by atoms with E-state index >= 15 is 0 Å². The third kappa shape index (κ3) is 3.06. The van der Waals surface area contributed by atoms with Gasteiger partial charge in [0.05, 0.1) is 11.2 Å². The number of para-hydroxylation sites is 1. The van der Waals surface area contributed by atoms with Gasteiger partial charge >= 0.3 is 0 Å². The number of rotatable bonds is 5. The normalized spacial score (nSPS) is 12.6. The zero-order valence-electron chi connectivity index (χ0n) is 16.1. The lowest BCUT2D eigenvalue weighted by Gasteiger charge is -2.09. The molecule has 2 N–H and O–H groups in total. The number of unbranched alkanes of at least 4 members (excludes halogenated alkanes) is 1. The molecule has 6 nitrogen and oxygen atoms in total. The molecule has 2 aromatic heterocycles. The van der Waals surface area contributed by atoms with Crippen molar-refractivity contribution in [2.45, 2.75) is 19.8 Å². The largest absolute Gasteiger partial charge is 0.454 e. The molecule has 0 aliphatic carbocycles. The molecule has 0 atom stereocenters. The number of hydrogen-bond donors (Lipinski definition) is 2.